The van der Waals surface area contributed by atoms with Crippen molar-refractivity contribution in [2.75, 3.05) is 0 Å². The fourth-order valence-corrected chi connectivity index (χ4v) is 3.28. The van der Waals surface area contributed by atoms with E-state index in [0.29, 0.717) is 23.4 Å². The summed E-state index contributed by atoms with van der Waals surface area (Å²) >= 11 is 0. The number of rotatable bonds is 4. The van der Waals surface area contributed by atoms with Crippen molar-refractivity contribution in [3.05, 3.63) is 113 Å². The van der Waals surface area contributed by atoms with E-state index in [2.05, 4.69) is 0 Å². The number of benzene rings is 3. The van der Waals surface area contributed by atoms with Gasteiger partial charge in [-0.1, -0.05) is 91.0 Å². The minimum Gasteiger partial charge on any atom is -0.507 e. The van der Waals surface area contributed by atoms with Crippen LogP contribution >= 0.6 is 0 Å². The maximum absolute atomic E-state index is 13.4. The van der Waals surface area contributed by atoms with Crippen molar-refractivity contribution < 1.29 is 5.11 Å². The SMILES string of the molecule is O=c1c(-c2ccccc2)c(O)cc(-c2ccccc2)n1Cc1ccccc1. The normalized spacial score (nSPS) is 10.7. The molecule has 3 heteroatoms. The van der Waals surface area contributed by atoms with Gasteiger partial charge in [-0.25, -0.2) is 0 Å². The van der Waals surface area contributed by atoms with Gasteiger partial charge in [-0.05, 0) is 16.7 Å². The van der Waals surface area contributed by atoms with Crippen LogP contribution in [0.1, 0.15) is 5.56 Å². The Balaban J connectivity index is 1.96. The molecule has 0 saturated carbocycles. The van der Waals surface area contributed by atoms with E-state index in [9.17, 15) is 9.90 Å². The Morgan fingerprint density at radius 2 is 1.22 bits per heavy atom. The summed E-state index contributed by atoms with van der Waals surface area (Å²) in [6.07, 6.45) is 0. The molecule has 0 saturated heterocycles. The van der Waals surface area contributed by atoms with Crippen LogP contribution in [0.15, 0.2) is 102 Å². The first-order chi connectivity index (χ1) is 13.2. The molecule has 0 unspecified atom stereocenters. The Kier molecular flexibility index (Phi) is 4.58. The monoisotopic (exact) mass is 353 g/mol. The molecule has 0 aliphatic heterocycles. The van der Waals surface area contributed by atoms with Crippen molar-refractivity contribution in [3.8, 4) is 28.1 Å². The lowest BCUT2D eigenvalue weighted by atomic mass is 10.0. The molecule has 4 rings (SSSR count). The van der Waals surface area contributed by atoms with Gasteiger partial charge in [0.1, 0.15) is 5.75 Å². The first kappa shape index (κ1) is 16.9. The van der Waals surface area contributed by atoms with Crippen LogP contribution in [0.3, 0.4) is 0 Å². The summed E-state index contributed by atoms with van der Waals surface area (Å²) < 4.78 is 1.73. The number of hydrogen-bond donors (Lipinski definition) is 1. The largest absolute Gasteiger partial charge is 0.507 e. The van der Waals surface area contributed by atoms with E-state index in [0.717, 1.165) is 11.1 Å². The lowest BCUT2D eigenvalue weighted by Gasteiger charge is -2.17. The van der Waals surface area contributed by atoms with Gasteiger partial charge >= 0.3 is 0 Å². The second-order valence-electron chi connectivity index (χ2n) is 6.40. The Morgan fingerprint density at radius 3 is 1.81 bits per heavy atom. The third-order valence-corrected chi connectivity index (χ3v) is 4.59. The quantitative estimate of drug-likeness (QED) is 0.565. The second-order valence-corrected chi connectivity index (χ2v) is 6.40. The molecule has 27 heavy (non-hydrogen) atoms. The molecule has 0 fully saturated rings. The summed E-state index contributed by atoms with van der Waals surface area (Å²) in [5.41, 5.74) is 3.44. The first-order valence-corrected chi connectivity index (χ1v) is 8.85. The van der Waals surface area contributed by atoms with Gasteiger partial charge in [-0.3, -0.25) is 4.79 Å². The Labute approximate surface area is 157 Å². The van der Waals surface area contributed by atoms with Crippen LogP contribution in [0.25, 0.3) is 22.4 Å². The zero-order valence-corrected chi connectivity index (χ0v) is 14.7. The molecule has 1 N–H and O–H groups in total. The van der Waals surface area contributed by atoms with Crippen molar-refractivity contribution in [3.63, 3.8) is 0 Å². The summed E-state index contributed by atoms with van der Waals surface area (Å²) in [4.78, 5) is 13.4. The van der Waals surface area contributed by atoms with Gasteiger partial charge in [0.2, 0.25) is 0 Å². The topological polar surface area (TPSA) is 42.2 Å². The van der Waals surface area contributed by atoms with Crippen molar-refractivity contribution in [2.45, 2.75) is 6.54 Å². The highest BCUT2D eigenvalue weighted by atomic mass is 16.3. The van der Waals surface area contributed by atoms with Gasteiger partial charge in [-0.2, -0.15) is 0 Å². The standard InChI is InChI=1S/C24H19NO2/c26-22-16-21(19-12-6-2-7-13-19)25(17-18-10-4-1-5-11-18)24(27)23(22)20-14-8-3-9-15-20/h1-16,26H,17H2. The van der Waals surface area contributed by atoms with E-state index in [1.165, 1.54) is 0 Å². The molecule has 0 spiro atoms. The van der Waals surface area contributed by atoms with Crippen LogP contribution in [-0.4, -0.2) is 9.67 Å². The molecular formula is C24H19NO2. The zero-order valence-electron chi connectivity index (χ0n) is 14.7. The lowest BCUT2D eigenvalue weighted by Crippen LogP contribution is -2.24. The first-order valence-electron chi connectivity index (χ1n) is 8.85. The van der Waals surface area contributed by atoms with E-state index in [1.807, 2.05) is 91.0 Å². The zero-order chi connectivity index (χ0) is 18.6. The third-order valence-electron chi connectivity index (χ3n) is 4.59. The highest BCUT2D eigenvalue weighted by molar-refractivity contribution is 5.73. The Morgan fingerprint density at radius 1 is 0.704 bits per heavy atom. The molecule has 1 aromatic heterocycles. The van der Waals surface area contributed by atoms with E-state index in [1.54, 1.807) is 10.6 Å². The maximum Gasteiger partial charge on any atom is 0.262 e. The molecule has 1 heterocycles. The van der Waals surface area contributed by atoms with Gasteiger partial charge in [0, 0.05) is 6.07 Å². The van der Waals surface area contributed by atoms with E-state index in [-0.39, 0.29) is 11.3 Å². The molecule has 132 valence electrons. The van der Waals surface area contributed by atoms with Gasteiger partial charge in [0.15, 0.2) is 0 Å². The number of nitrogens with zero attached hydrogens (tertiary/aromatic N) is 1. The summed E-state index contributed by atoms with van der Waals surface area (Å²) in [5, 5.41) is 10.7. The van der Waals surface area contributed by atoms with Crippen molar-refractivity contribution in [2.24, 2.45) is 0 Å². The van der Waals surface area contributed by atoms with E-state index in [4.69, 9.17) is 0 Å². The smallest absolute Gasteiger partial charge is 0.262 e. The van der Waals surface area contributed by atoms with Crippen LogP contribution in [0.2, 0.25) is 0 Å². The van der Waals surface area contributed by atoms with Gasteiger partial charge in [0.05, 0.1) is 17.8 Å². The molecule has 0 aliphatic carbocycles. The number of aromatic hydroxyl groups is 1. The fourth-order valence-electron chi connectivity index (χ4n) is 3.28. The lowest BCUT2D eigenvalue weighted by molar-refractivity contribution is 0.474. The van der Waals surface area contributed by atoms with Crippen LogP contribution in [-0.2, 0) is 6.54 Å². The molecule has 0 aliphatic rings. The molecule has 0 amide bonds. The number of hydrogen-bond acceptors (Lipinski definition) is 2. The molecule has 0 bridgehead atoms. The number of aromatic nitrogens is 1. The average molecular weight is 353 g/mol. The Bertz CT molecular complexity index is 1100. The molecular weight excluding hydrogens is 334 g/mol. The third kappa shape index (κ3) is 3.40. The fraction of sp³-hybridized carbons (Fsp3) is 0.0417. The van der Waals surface area contributed by atoms with Crippen LogP contribution in [0.4, 0.5) is 0 Å². The Hall–Kier alpha value is -3.59. The molecule has 3 aromatic carbocycles. The van der Waals surface area contributed by atoms with Gasteiger partial charge < -0.3 is 9.67 Å². The molecule has 3 nitrogen and oxygen atoms in total. The molecule has 4 aromatic rings. The average Bonchev–Trinajstić information content (AvgIpc) is 2.72. The summed E-state index contributed by atoms with van der Waals surface area (Å²) in [5.74, 6) is -0.00522. The predicted octanol–water partition coefficient (Wildman–Crippen LogP) is 4.94. The minimum atomic E-state index is -0.205. The predicted molar refractivity (Wildman–Crippen MR) is 109 cm³/mol. The van der Waals surface area contributed by atoms with Crippen LogP contribution in [0, 0.1) is 0 Å². The van der Waals surface area contributed by atoms with E-state index < -0.39 is 0 Å². The van der Waals surface area contributed by atoms with Crippen molar-refractivity contribution in [1.82, 2.24) is 4.57 Å². The highest BCUT2D eigenvalue weighted by Gasteiger charge is 2.17. The van der Waals surface area contributed by atoms with E-state index >= 15 is 0 Å². The van der Waals surface area contributed by atoms with Gasteiger partial charge in [-0.15, -0.1) is 0 Å². The van der Waals surface area contributed by atoms with Crippen molar-refractivity contribution in [1.29, 1.82) is 0 Å². The molecule has 0 atom stereocenters. The summed E-state index contributed by atoms with van der Waals surface area (Å²) in [6.45, 7) is 0.435. The summed E-state index contributed by atoms with van der Waals surface area (Å²) in [6, 6.07) is 30.5. The van der Waals surface area contributed by atoms with Crippen LogP contribution in [0.5, 0.6) is 5.75 Å². The highest BCUT2D eigenvalue weighted by Crippen LogP contribution is 2.30. The minimum absolute atomic E-state index is 0.00522. The van der Waals surface area contributed by atoms with Crippen LogP contribution < -0.4 is 5.56 Å². The molecule has 0 radical (unpaired) electrons. The maximum atomic E-state index is 13.4. The summed E-state index contributed by atoms with van der Waals surface area (Å²) in [7, 11) is 0. The second kappa shape index (κ2) is 7.34. The van der Waals surface area contributed by atoms with Crippen molar-refractivity contribution >= 4 is 0 Å². The van der Waals surface area contributed by atoms with Gasteiger partial charge in [0.25, 0.3) is 5.56 Å². The number of pyridine rings is 1.